The summed E-state index contributed by atoms with van der Waals surface area (Å²) in [5, 5.41) is 7.43. The first-order valence-corrected chi connectivity index (χ1v) is 7.96. The maximum Gasteiger partial charge on any atom is 0.312 e. The number of fused-ring (bicyclic) bond motifs is 1. The number of esters is 1. The number of carbonyl (C=O) groups excluding carboxylic acids is 2. The molecule has 128 valence electrons. The van der Waals surface area contributed by atoms with E-state index in [-0.39, 0.29) is 25.0 Å². The third-order valence-electron chi connectivity index (χ3n) is 3.81. The summed E-state index contributed by atoms with van der Waals surface area (Å²) in [5.74, 6) is -0.878. The van der Waals surface area contributed by atoms with Gasteiger partial charge in [0.25, 0.3) is 5.91 Å². The van der Waals surface area contributed by atoms with Gasteiger partial charge in [0, 0.05) is 5.39 Å². The molecule has 25 heavy (non-hydrogen) atoms. The average Bonchev–Trinajstić information content (AvgIpc) is 3.04. The van der Waals surface area contributed by atoms with Gasteiger partial charge < -0.3 is 14.6 Å². The molecule has 0 aliphatic carbocycles. The third kappa shape index (κ3) is 4.23. The van der Waals surface area contributed by atoms with Crippen molar-refractivity contribution in [1.82, 2.24) is 10.5 Å². The van der Waals surface area contributed by atoms with E-state index < -0.39 is 5.97 Å². The zero-order chi connectivity index (χ0) is 17.6. The Morgan fingerprint density at radius 2 is 1.84 bits per heavy atom. The topological polar surface area (TPSA) is 81.4 Å². The van der Waals surface area contributed by atoms with Crippen LogP contribution in [-0.4, -0.2) is 23.6 Å². The van der Waals surface area contributed by atoms with Crippen LogP contribution in [0.3, 0.4) is 0 Å². The Hall–Kier alpha value is -3.15. The number of hydrogen-bond donors (Lipinski definition) is 1. The molecule has 1 heterocycles. The number of carbonyl (C=O) groups is 2. The van der Waals surface area contributed by atoms with Gasteiger partial charge in [-0.25, -0.2) is 0 Å². The Balaban J connectivity index is 1.49. The van der Waals surface area contributed by atoms with Gasteiger partial charge in [-0.2, -0.15) is 0 Å². The first-order chi connectivity index (χ1) is 12.1. The molecule has 0 radical (unpaired) electrons. The van der Waals surface area contributed by atoms with Crippen molar-refractivity contribution >= 4 is 22.8 Å². The molecule has 0 bridgehead atoms. The first kappa shape index (κ1) is 16.7. The zero-order valence-electron chi connectivity index (χ0n) is 13.8. The second kappa shape index (κ2) is 7.61. The Bertz CT molecular complexity index is 873. The lowest BCUT2D eigenvalue weighted by atomic mass is 10.1. The summed E-state index contributed by atoms with van der Waals surface area (Å²) in [4.78, 5) is 23.9. The maximum atomic E-state index is 11.9. The Labute approximate surface area is 144 Å². The minimum atomic E-state index is -0.526. The largest absolute Gasteiger partial charge is 0.455 e. The summed E-state index contributed by atoms with van der Waals surface area (Å²) in [7, 11) is 0. The number of hydrogen-bond acceptors (Lipinski definition) is 5. The summed E-state index contributed by atoms with van der Waals surface area (Å²) in [6.45, 7) is 1.54. The lowest BCUT2D eigenvalue weighted by molar-refractivity contribution is -0.148. The van der Waals surface area contributed by atoms with E-state index in [9.17, 15) is 9.59 Å². The molecule has 0 saturated heterocycles. The molecule has 3 rings (SSSR count). The number of aromatic nitrogens is 1. The van der Waals surface area contributed by atoms with Crippen LogP contribution >= 0.6 is 0 Å². The van der Waals surface area contributed by atoms with Gasteiger partial charge in [0.1, 0.15) is 5.69 Å². The number of amides is 1. The standard InChI is InChI=1S/C19H18N2O4/c1-13(14-7-3-2-4-8-14)20-18(22)12-24-19(23)11-16-15-9-5-6-10-17(15)25-21-16/h2-10,13H,11-12H2,1H3,(H,20,22)/t13-/m0/s1. The monoisotopic (exact) mass is 338 g/mol. The first-order valence-electron chi connectivity index (χ1n) is 7.96. The van der Waals surface area contributed by atoms with Crippen LogP contribution in [0.25, 0.3) is 11.0 Å². The lowest BCUT2D eigenvalue weighted by Gasteiger charge is -2.14. The fourth-order valence-electron chi connectivity index (χ4n) is 2.51. The quantitative estimate of drug-likeness (QED) is 0.699. The maximum absolute atomic E-state index is 11.9. The summed E-state index contributed by atoms with van der Waals surface area (Å²) in [5.41, 5.74) is 2.09. The molecule has 3 aromatic rings. The van der Waals surface area contributed by atoms with E-state index in [0.717, 1.165) is 10.9 Å². The van der Waals surface area contributed by atoms with E-state index in [1.807, 2.05) is 55.5 Å². The summed E-state index contributed by atoms with van der Waals surface area (Å²) >= 11 is 0. The number of ether oxygens (including phenoxy) is 1. The van der Waals surface area contributed by atoms with Crippen LogP contribution in [0.5, 0.6) is 0 Å². The fourth-order valence-corrected chi connectivity index (χ4v) is 2.51. The molecular formula is C19H18N2O4. The second-order valence-corrected chi connectivity index (χ2v) is 5.66. The van der Waals surface area contributed by atoms with Crippen molar-refractivity contribution in [3.8, 4) is 0 Å². The predicted molar refractivity (Wildman–Crippen MR) is 91.7 cm³/mol. The SMILES string of the molecule is C[C@H](NC(=O)COC(=O)Cc1noc2ccccc12)c1ccccc1. The van der Waals surface area contributed by atoms with Gasteiger partial charge in [-0.15, -0.1) is 0 Å². The molecule has 0 unspecified atom stereocenters. The number of benzene rings is 2. The molecule has 6 nitrogen and oxygen atoms in total. The number of para-hydroxylation sites is 1. The van der Waals surface area contributed by atoms with Crippen molar-refractivity contribution in [2.75, 3.05) is 6.61 Å². The van der Waals surface area contributed by atoms with Crippen molar-refractivity contribution in [2.45, 2.75) is 19.4 Å². The van der Waals surface area contributed by atoms with Crippen LogP contribution in [0.15, 0.2) is 59.1 Å². The van der Waals surface area contributed by atoms with Gasteiger partial charge in [0.05, 0.1) is 12.5 Å². The van der Waals surface area contributed by atoms with Crippen molar-refractivity contribution < 1.29 is 18.8 Å². The van der Waals surface area contributed by atoms with Gasteiger partial charge in [-0.05, 0) is 24.6 Å². The molecule has 1 aromatic heterocycles. The molecule has 0 fully saturated rings. The highest BCUT2D eigenvalue weighted by Crippen LogP contribution is 2.18. The average molecular weight is 338 g/mol. The summed E-state index contributed by atoms with van der Waals surface area (Å²) < 4.78 is 10.2. The second-order valence-electron chi connectivity index (χ2n) is 5.66. The van der Waals surface area contributed by atoms with Gasteiger partial charge in [-0.3, -0.25) is 9.59 Å². The number of nitrogens with zero attached hydrogens (tertiary/aromatic N) is 1. The van der Waals surface area contributed by atoms with Gasteiger partial charge in [0.2, 0.25) is 0 Å². The highest BCUT2D eigenvalue weighted by molar-refractivity contribution is 5.85. The van der Waals surface area contributed by atoms with E-state index in [4.69, 9.17) is 9.26 Å². The summed E-state index contributed by atoms with van der Waals surface area (Å²) in [6, 6.07) is 16.7. The zero-order valence-corrected chi connectivity index (χ0v) is 13.8. The highest BCUT2D eigenvalue weighted by Gasteiger charge is 2.15. The van der Waals surface area contributed by atoms with Crippen LogP contribution in [0.4, 0.5) is 0 Å². The molecule has 0 spiro atoms. The van der Waals surface area contributed by atoms with E-state index in [1.54, 1.807) is 6.07 Å². The molecule has 1 atom stereocenters. The van der Waals surface area contributed by atoms with E-state index in [0.29, 0.717) is 11.3 Å². The van der Waals surface area contributed by atoms with Crippen LogP contribution in [0.2, 0.25) is 0 Å². The van der Waals surface area contributed by atoms with Crippen molar-refractivity contribution in [1.29, 1.82) is 0 Å². The number of rotatable bonds is 6. The normalized spacial score (nSPS) is 11.9. The van der Waals surface area contributed by atoms with Crippen LogP contribution in [0, 0.1) is 0 Å². The molecule has 2 aromatic carbocycles. The highest BCUT2D eigenvalue weighted by atomic mass is 16.5. The van der Waals surface area contributed by atoms with Crippen LogP contribution in [-0.2, 0) is 20.7 Å². The van der Waals surface area contributed by atoms with E-state index in [1.165, 1.54) is 0 Å². The molecule has 0 aliphatic rings. The number of nitrogens with one attached hydrogen (secondary N) is 1. The smallest absolute Gasteiger partial charge is 0.312 e. The molecular weight excluding hydrogens is 320 g/mol. The Morgan fingerprint density at radius 1 is 1.12 bits per heavy atom. The van der Waals surface area contributed by atoms with Gasteiger partial charge in [0.15, 0.2) is 12.2 Å². The minimum Gasteiger partial charge on any atom is -0.455 e. The Kier molecular flexibility index (Phi) is 5.09. The van der Waals surface area contributed by atoms with Crippen molar-refractivity contribution in [3.63, 3.8) is 0 Å². The molecule has 1 N–H and O–H groups in total. The predicted octanol–water partition coefficient (Wildman–Crippen LogP) is 2.79. The van der Waals surface area contributed by atoms with Crippen LogP contribution < -0.4 is 5.32 Å². The van der Waals surface area contributed by atoms with Crippen molar-refractivity contribution in [2.24, 2.45) is 0 Å². The minimum absolute atomic E-state index is 0.0431. The third-order valence-corrected chi connectivity index (χ3v) is 3.81. The molecule has 0 aliphatic heterocycles. The van der Waals surface area contributed by atoms with E-state index >= 15 is 0 Å². The van der Waals surface area contributed by atoms with Gasteiger partial charge >= 0.3 is 5.97 Å². The summed E-state index contributed by atoms with van der Waals surface area (Å²) in [6.07, 6.45) is -0.0431. The van der Waals surface area contributed by atoms with Gasteiger partial charge in [-0.1, -0.05) is 47.6 Å². The van der Waals surface area contributed by atoms with E-state index in [2.05, 4.69) is 10.5 Å². The van der Waals surface area contributed by atoms with Crippen molar-refractivity contribution in [3.05, 3.63) is 65.9 Å². The Morgan fingerprint density at radius 3 is 2.64 bits per heavy atom. The van der Waals surface area contributed by atoms with Crippen LogP contribution in [0.1, 0.15) is 24.2 Å². The fraction of sp³-hybridized carbons (Fsp3) is 0.211. The molecule has 6 heteroatoms. The molecule has 0 saturated carbocycles. The molecule has 1 amide bonds. The lowest BCUT2D eigenvalue weighted by Crippen LogP contribution is -2.31.